The van der Waals surface area contributed by atoms with Crippen molar-refractivity contribution in [3.05, 3.63) is 35.6 Å². The van der Waals surface area contributed by atoms with E-state index in [1.54, 1.807) is 12.1 Å². The molecule has 92 valence electrons. The molecule has 1 unspecified atom stereocenters. The average Bonchev–Trinajstić information content (AvgIpc) is 2.68. The average molecular weight is 239 g/mol. The molecule has 1 aliphatic rings. The van der Waals surface area contributed by atoms with E-state index in [1.165, 1.54) is 17.0 Å². The number of halogens is 1. The third-order valence-corrected chi connectivity index (χ3v) is 2.77. The van der Waals surface area contributed by atoms with E-state index in [-0.39, 0.29) is 25.1 Å². The molecule has 1 saturated heterocycles. The van der Waals surface area contributed by atoms with Crippen LogP contribution in [-0.4, -0.2) is 35.9 Å². The minimum Gasteiger partial charge on any atom is -0.447 e. The maximum Gasteiger partial charge on any atom is 0.410 e. The Kier molecular flexibility index (Phi) is 3.58. The summed E-state index contributed by atoms with van der Waals surface area (Å²) in [5, 5.41) is 8.78. The number of hydrogen-bond donors (Lipinski definition) is 1. The van der Waals surface area contributed by atoms with Crippen molar-refractivity contribution in [2.45, 2.75) is 12.5 Å². The Bertz CT molecular complexity index is 410. The Balaban J connectivity index is 2.16. The number of ether oxygens (including phenoxy) is 1. The number of aliphatic hydroxyl groups excluding tert-OH is 1. The Morgan fingerprint density at radius 1 is 1.53 bits per heavy atom. The van der Waals surface area contributed by atoms with Gasteiger partial charge in [0.25, 0.3) is 0 Å². The molecule has 1 amide bonds. The van der Waals surface area contributed by atoms with E-state index < -0.39 is 6.09 Å². The summed E-state index contributed by atoms with van der Waals surface area (Å²) in [6.45, 7) is 0.657. The molecular weight excluding hydrogens is 225 g/mol. The van der Waals surface area contributed by atoms with Gasteiger partial charge in [0.15, 0.2) is 0 Å². The van der Waals surface area contributed by atoms with E-state index in [4.69, 9.17) is 9.84 Å². The highest BCUT2D eigenvalue weighted by Crippen LogP contribution is 2.27. The van der Waals surface area contributed by atoms with Crippen molar-refractivity contribution in [2.24, 2.45) is 0 Å². The molecular formula is C12H14FNO3. The Hall–Kier alpha value is -1.62. The SMILES string of the molecule is O=C1OCC(c2cccc(F)c2)N1CCCO. The first-order valence-corrected chi connectivity index (χ1v) is 5.52. The summed E-state index contributed by atoms with van der Waals surface area (Å²) in [6, 6.07) is 5.88. The lowest BCUT2D eigenvalue weighted by molar-refractivity contribution is 0.154. The van der Waals surface area contributed by atoms with Crippen LogP contribution in [0.15, 0.2) is 24.3 Å². The second-order valence-corrected chi connectivity index (χ2v) is 3.92. The van der Waals surface area contributed by atoms with Crippen LogP contribution in [0.5, 0.6) is 0 Å². The number of benzene rings is 1. The quantitative estimate of drug-likeness (QED) is 0.870. The smallest absolute Gasteiger partial charge is 0.410 e. The van der Waals surface area contributed by atoms with Crippen molar-refractivity contribution < 1.29 is 19.0 Å². The summed E-state index contributed by atoms with van der Waals surface area (Å²) in [5.41, 5.74) is 0.716. The van der Waals surface area contributed by atoms with Crippen molar-refractivity contribution in [2.75, 3.05) is 19.8 Å². The molecule has 0 bridgehead atoms. The summed E-state index contributed by atoms with van der Waals surface area (Å²) in [6.07, 6.45) is 0.0775. The molecule has 1 aromatic rings. The molecule has 1 atom stereocenters. The Morgan fingerprint density at radius 2 is 2.35 bits per heavy atom. The summed E-state index contributed by atoms with van der Waals surface area (Å²) in [7, 11) is 0. The van der Waals surface area contributed by atoms with Gasteiger partial charge >= 0.3 is 6.09 Å². The third kappa shape index (κ3) is 2.55. The van der Waals surface area contributed by atoms with Crippen molar-refractivity contribution in [3.8, 4) is 0 Å². The Morgan fingerprint density at radius 3 is 3.06 bits per heavy atom. The first-order valence-electron chi connectivity index (χ1n) is 5.52. The number of carbonyl (C=O) groups is 1. The molecule has 2 rings (SSSR count). The van der Waals surface area contributed by atoms with Crippen LogP contribution in [0.1, 0.15) is 18.0 Å². The van der Waals surface area contributed by atoms with E-state index >= 15 is 0 Å². The molecule has 5 heteroatoms. The molecule has 0 aromatic heterocycles. The summed E-state index contributed by atoms with van der Waals surface area (Å²) in [5.74, 6) is -0.330. The van der Waals surface area contributed by atoms with Crippen LogP contribution in [0.25, 0.3) is 0 Å². The second kappa shape index (κ2) is 5.14. The van der Waals surface area contributed by atoms with Crippen LogP contribution in [0, 0.1) is 5.82 Å². The van der Waals surface area contributed by atoms with E-state index in [0.717, 1.165) is 0 Å². The summed E-state index contributed by atoms with van der Waals surface area (Å²) < 4.78 is 18.1. The van der Waals surface area contributed by atoms with Gasteiger partial charge in [-0.2, -0.15) is 0 Å². The lowest BCUT2D eigenvalue weighted by atomic mass is 10.1. The van der Waals surface area contributed by atoms with Gasteiger partial charge < -0.3 is 9.84 Å². The molecule has 1 fully saturated rings. The summed E-state index contributed by atoms with van der Waals surface area (Å²) in [4.78, 5) is 13.0. The number of amides is 1. The van der Waals surface area contributed by atoms with Crippen LogP contribution in [0.3, 0.4) is 0 Å². The molecule has 1 heterocycles. The highest BCUT2D eigenvalue weighted by atomic mass is 19.1. The molecule has 0 aliphatic carbocycles. The molecule has 4 nitrogen and oxygen atoms in total. The van der Waals surface area contributed by atoms with Gasteiger partial charge in [0, 0.05) is 13.2 Å². The minimum absolute atomic E-state index is 0.0135. The van der Waals surface area contributed by atoms with Crippen LogP contribution in [0.2, 0.25) is 0 Å². The predicted molar refractivity (Wildman–Crippen MR) is 58.9 cm³/mol. The minimum atomic E-state index is -0.410. The number of hydrogen-bond acceptors (Lipinski definition) is 3. The van der Waals surface area contributed by atoms with E-state index in [1.807, 2.05) is 0 Å². The van der Waals surface area contributed by atoms with E-state index in [9.17, 15) is 9.18 Å². The Labute approximate surface area is 98.6 Å². The van der Waals surface area contributed by atoms with Crippen LogP contribution < -0.4 is 0 Å². The number of cyclic esters (lactones) is 1. The monoisotopic (exact) mass is 239 g/mol. The van der Waals surface area contributed by atoms with Crippen molar-refractivity contribution in [1.29, 1.82) is 0 Å². The van der Waals surface area contributed by atoms with Gasteiger partial charge in [-0.05, 0) is 24.1 Å². The molecule has 0 saturated carbocycles. The number of carbonyl (C=O) groups excluding carboxylic acids is 1. The maximum absolute atomic E-state index is 13.1. The van der Waals surface area contributed by atoms with Crippen LogP contribution in [-0.2, 0) is 4.74 Å². The highest BCUT2D eigenvalue weighted by Gasteiger charge is 2.33. The normalized spacial score (nSPS) is 19.5. The van der Waals surface area contributed by atoms with Crippen molar-refractivity contribution >= 4 is 6.09 Å². The molecule has 17 heavy (non-hydrogen) atoms. The predicted octanol–water partition coefficient (Wildman–Crippen LogP) is 1.70. The zero-order valence-electron chi connectivity index (χ0n) is 9.30. The lowest BCUT2D eigenvalue weighted by Gasteiger charge is -2.21. The molecule has 1 aromatic carbocycles. The molecule has 1 aliphatic heterocycles. The first-order chi connectivity index (χ1) is 8.22. The van der Waals surface area contributed by atoms with Crippen molar-refractivity contribution in [1.82, 2.24) is 4.90 Å². The third-order valence-electron chi connectivity index (χ3n) is 2.77. The molecule has 0 radical (unpaired) electrons. The van der Waals surface area contributed by atoms with Gasteiger partial charge in [-0.3, -0.25) is 4.90 Å². The van der Waals surface area contributed by atoms with Gasteiger partial charge in [-0.25, -0.2) is 9.18 Å². The fourth-order valence-corrected chi connectivity index (χ4v) is 1.93. The number of nitrogens with zero attached hydrogens (tertiary/aromatic N) is 1. The van der Waals surface area contributed by atoms with Gasteiger partial charge in [0.05, 0.1) is 6.04 Å². The lowest BCUT2D eigenvalue weighted by Crippen LogP contribution is -2.29. The van der Waals surface area contributed by atoms with Crippen molar-refractivity contribution in [3.63, 3.8) is 0 Å². The fraction of sp³-hybridized carbons (Fsp3) is 0.417. The van der Waals surface area contributed by atoms with Gasteiger partial charge in [0.2, 0.25) is 0 Å². The number of aliphatic hydroxyl groups is 1. The highest BCUT2D eigenvalue weighted by molar-refractivity contribution is 5.70. The zero-order chi connectivity index (χ0) is 12.3. The molecule has 1 N–H and O–H groups in total. The number of rotatable bonds is 4. The first kappa shape index (κ1) is 11.9. The second-order valence-electron chi connectivity index (χ2n) is 3.92. The zero-order valence-corrected chi connectivity index (χ0v) is 9.30. The topological polar surface area (TPSA) is 49.8 Å². The van der Waals surface area contributed by atoms with E-state index in [2.05, 4.69) is 0 Å². The van der Waals surface area contributed by atoms with Gasteiger partial charge in [-0.15, -0.1) is 0 Å². The molecule has 0 spiro atoms. The van der Waals surface area contributed by atoms with Crippen LogP contribution >= 0.6 is 0 Å². The summed E-state index contributed by atoms with van der Waals surface area (Å²) >= 11 is 0. The van der Waals surface area contributed by atoms with Gasteiger partial charge in [0.1, 0.15) is 12.4 Å². The van der Waals surface area contributed by atoms with Crippen LogP contribution in [0.4, 0.5) is 9.18 Å². The largest absolute Gasteiger partial charge is 0.447 e. The van der Waals surface area contributed by atoms with Gasteiger partial charge in [-0.1, -0.05) is 12.1 Å². The fourth-order valence-electron chi connectivity index (χ4n) is 1.93. The van der Waals surface area contributed by atoms with E-state index in [0.29, 0.717) is 18.5 Å². The standard InChI is InChI=1S/C12H14FNO3/c13-10-4-1-3-9(7-10)11-8-17-12(16)14(11)5-2-6-15/h1,3-4,7,11,15H,2,5-6,8H2. The maximum atomic E-state index is 13.1.